The van der Waals surface area contributed by atoms with Gasteiger partial charge < -0.3 is 11.1 Å². The molecule has 31 heavy (non-hydrogen) atoms. The lowest BCUT2D eigenvalue weighted by Crippen LogP contribution is -2.20. The topological polar surface area (TPSA) is 109 Å². The summed E-state index contributed by atoms with van der Waals surface area (Å²) in [5.74, 6) is -1.08. The molecule has 2 amide bonds. The number of carbonyl (C=O) groups excluding carboxylic acids is 2. The molecule has 2 aromatic carbocycles. The van der Waals surface area contributed by atoms with Crippen molar-refractivity contribution in [1.29, 1.82) is 0 Å². The molecular formula is C20H13Cl4N5O2. The average molecular weight is 497 g/mol. The molecule has 11 heteroatoms. The van der Waals surface area contributed by atoms with Crippen molar-refractivity contribution < 1.29 is 9.59 Å². The Labute approximate surface area is 197 Å². The molecule has 7 nitrogen and oxygen atoms in total. The fraction of sp³-hybridized carbons (Fsp3) is 0. The molecule has 0 aliphatic rings. The number of benzene rings is 2. The standard InChI is InChI=1S/C20H13Cl4N5O2/c21-13-7-2-1-6-12(13)19(30)27-11-5-3-4-10(8-11)9-26-29-20(31)17-14(22)16(25)15(23)18(24)28-17/h1-9H,(H2,25,28)(H,27,30)(H,29,31)/b26-9+. The van der Waals surface area contributed by atoms with Gasteiger partial charge in [0.25, 0.3) is 11.8 Å². The van der Waals surface area contributed by atoms with Crippen molar-refractivity contribution in [3.05, 3.63) is 85.6 Å². The summed E-state index contributed by atoms with van der Waals surface area (Å²) in [6, 6.07) is 13.5. The summed E-state index contributed by atoms with van der Waals surface area (Å²) >= 11 is 23.7. The van der Waals surface area contributed by atoms with Gasteiger partial charge in [0.2, 0.25) is 0 Å². The summed E-state index contributed by atoms with van der Waals surface area (Å²) in [7, 11) is 0. The molecule has 0 aliphatic carbocycles. The lowest BCUT2D eigenvalue weighted by Gasteiger charge is -2.08. The quantitative estimate of drug-likeness (QED) is 0.253. The second-order valence-corrected chi connectivity index (χ2v) is 7.57. The van der Waals surface area contributed by atoms with Crippen LogP contribution in [0.4, 0.5) is 11.4 Å². The molecule has 4 N–H and O–H groups in total. The molecule has 158 valence electrons. The number of hydrogen-bond acceptors (Lipinski definition) is 5. The Morgan fingerprint density at radius 2 is 1.71 bits per heavy atom. The smallest absolute Gasteiger partial charge is 0.291 e. The number of nitrogens with zero attached hydrogens (tertiary/aromatic N) is 2. The molecule has 0 saturated carbocycles. The van der Waals surface area contributed by atoms with Crippen LogP contribution in [0.1, 0.15) is 26.4 Å². The van der Waals surface area contributed by atoms with Crippen LogP contribution in [0.25, 0.3) is 0 Å². The van der Waals surface area contributed by atoms with E-state index in [1.807, 2.05) is 0 Å². The third-order valence-electron chi connectivity index (χ3n) is 3.93. The Kier molecular flexibility index (Phi) is 7.35. The largest absolute Gasteiger partial charge is 0.396 e. The van der Waals surface area contributed by atoms with Gasteiger partial charge in [-0.2, -0.15) is 5.10 Å². The molecular weight excluding hydrogens is 484 g/mol. The van der Waals surface area contributed by atoms with Crippen LogP contribution in [0.15, 0.2) is 53.6 Å². The zero-order valence-electron chi connectivity index (χ0n) is 15.5. The SMILES string of the molecule is Nc1c(Cl)c(Cl)nc(C(=O)N/N=C/c2cccc(NC(=O)c3ccccc3Cl)c2)c1Cl. The van der Waals surface area contributed by atoms with Gasteiger partial charge in [-0.15, -0.1) is 0 Å². The third-order valence-corrected chi connectivity index (χ3v) is 5.39. The lowest BCUT2D eigenvalue weighted by atomic mass is 10.2. The number of anilines is 2. The molecule has 0 atom stereocenters. The van der Waals surface area contributed by atoms with Crippen LogP contribution in [0.5, 0.6) is 0 Å². The van der Waals surface area contributed by atoms with Gasteiger partial charge in [-0.25, -0.2) is 10.4 Å². The predicted molar refractivity (Wildman–Crippen MR) is 125 cm³/mol. The number of carbonyl (C=O) groups is 2. The number of hydrazone groups is 1. The molecule has 3 rings (SSSR count). The van der Waals surface area contributed by atoms with Gasteiger partial charge >= 0.3 is 0 Å². The van der Waals surface area contributed by atoms with Crippen LogP contribution >= 0.6 is 46.4 Å². The summed E-state index contributed by atoms with van der Waals surface area (Å²) in [4.78, 5) is 28.5. The van der Waals surface area contributed by atoms with Crippen LogP contribution in [0, 0.1) is 0 Å². The first-order chi connectivity index (χ1) is 14.8. The Hall–Kier alpha value is -2.84. The molecule has 1 aromatic heterocycles. The van der Waals surface area contributed by atoms with E-state index < -0.39 is 5.91 Å². The van der Waals surface area contributed by atoms with Gasteiger partial charge in [0.15, 0.2) is 10.8 Å². The van der Waals surface area contributed by atoms with E-state index >= 15 is 0 Å². The van der Waals surface area contributed by atoms with Crippen LogP contribution in [0.3, 0.4) is 0 Å². The number of aromatic nitrogens is 1. The van der Waals surface area contributed by atoms with Crippen molar-refractivity contribution in [3.8, 4) is 0 Å². The fourth-order valence-electron chi connectivity index (χ4n) is 2.44. The van der Waals surface area contributed by atoms with Crippen molar-refractivity contribution in [2.75, 3.05) is 11.1 Å². The highest BCUT2D eigenvalue weighted by atomic mass is 35.5. The van der Waals surface area contributed by atoms with E-state index in [1.54, 1.807) is 48.5 Å². The first-order valence-electron chi connectivity index (χ1n) is 8.57. The van der Waals surface area contributed by atoms with Gasteiger partial charge in [-0.1, -0.05) is 70.7 Å². The highest BCUT2D eigenvalue weighted by Gasteiger charge is 2.19. The number of nitrogens with two attached hydrogens (primary N) is 1. The summed E-state index contributed by atoms with van der Waals surface area (Å²) in [5.41, 5.74) is 9.17. The molecule has 0 saturated heterocycles. The average Bonchev–Trinajstić information content (AvgIpc) is 2.75. The summed E-state index contributed by atoms with van der Waals surface area (Å²) in [6.07, 6.45) is 1.37. The van der Waals surface area contributed by atoms with Crippen LogP contribution in [-0.2, 0) is 0 Å². The second-order valence-electron chi connectivity index (χ2n) is 6.05. The minimum Gasteiger partial charge on any atom is -0.396 e. The number of hydrogen-bond donors (Lipinski definition) is 3. The first-order valence-corrected chi connectivity index (χ1v) is 10.1. The van der Waals surface area contributed by atoms with Crippen molar-refractivity contribution in [2.45, 2.75) is 0 Å². The van der Waals surface area contributed by atoms with Crippen LogP contribution in [-0.4, -0.2) is 23.0 Å². The van der Waals surface area contributed by atoms with Gasteiger partial charge in [0, 0.05) is 5.69 Å². The van der Waals surface area contributed by atoms with Gasteiger partial charge in [0.1, 0.15) is 5.02 Å². The minimum atomic E-state index is -0.727. The van der Waals surface area contributed by atoms with Gasteiger partial charge in [-0.3, -0.25) is 9.59 Å². The number of nitrogen functional groups attached to an aromatic ring is 1. The number of nitrogens with one attached hydrogen (secondary N) is 2. The van der Waals surface area contributed by atoms with Crippen molar-refractivity contribution in [2.24, 2.45) is 5.10 Å². The molecule has 3 aromatic rings. The molecule has 0 bridgehead atoms. The molecule has 0 spiro atoms. The van der Waals surface area contributed by atoms with E-state index in [2.05, 4.69) is 20.8 Å². The summed E-state index contributed by atoms with van der Waals surface area (Å²) < 4.78 is 0. The predicted octanol–water partition coefficient (Wildman–Crippen LogP) is 5.29. The van der Waals surface area contributed by atoms with Crippen molar-refractivity contribution in [1.82, 2.24) is 10.4 Å². The Morgan fingerprint density at radius 3 is 2.45 bits per heavy atom. The zero-order chi connectivity index (χ0) is 22.5. The van der Waals surface area contributed by atoms with Crippen LogP contribution in [0.2, 0.25) is 20.2 Å². The Balaban J connectivity index is 1.69. The maximum atomic E-state index is 12.4. The number of rotatable bonds is 5. The molecule has 0 aliphatic heterocycles. The lowest BCUT2D eigenvalue weighted by molar-refractivity contribution is 0.0949. The van der Waals surface area contributed by atoms with Gasteiger partial charge in [-0.05, 0) is 29.8 Å². The molecule has 0 radical (unpaired) electrons. The van der Waals surface area contributed by atoms with E-state index in [0.29, 0.717) is 21.8 Å². The summed E-state index contributed by atoms with van der Waals surface area (Å²) in [6.45, 7) is 0. The van der Waals surface area contributed by atoms with E-state index in [4.69, 9.17) is 52.1 Å². The highest BCUT2D eigenvalue weighted by molar-refractivity contribution is 6.46. The fourth-order valence-corrected chi connectivity index (χ4v) is 3.26. The van der Waals surface area contributed by atoms with Crippen molar-refractivity contribution >= 4 is 75.8 Å². The van der Waals surface area contributed by atoms with Crippen LogP contribution < -0.4 is 16.5 Å². The number of amides is 2. The highest BCUT2D eigenvalue weighted by Crippen LogP contribution is 2.34. The van der Waals surface area contributed by atoms with E-state index in [-0.39, 0.29) is 32.5 Å². The monoisotopic (exact) mass is 495 g/mol. The van der Waals surface area contributed by atoms with E-state index in [9.17, 15) is 9.59 Å². The maximum Gasteiger partial charge on any atom is 0.291 e. The summed E-state index contributed by atoms with van der Waals surface area (Å²) in [5, 5.41) is 6.63. The molecule has 1 heterocycles. The number of pyridine rings is 1. The van der Waals surface area contributed by atoms with Gasteiger partial charge in [0.05, 0.1) is 27.5 Å². The third kappa shape index (κ3) is 5.45. The van der Waals surface area contributed by atoms with E-state index in [0.717, 1.165) is 0 Å². The maximum absolute atomic E-state index is 12.4. The van der Waals surface area contributed by atoms with E-state index in [1.165, 1.54) is 6.21 Å². The minimum absolute atomic E-state index is 0.0395. The first kappa shape index (κ1) is 22.8. The normalized spacial score (nSPS) is 10.8. The Morgan fingerprint density at radius 1 is 0.968 bits per heavy atom. The Bertz CT molecular complexity index is 1200. The number of halogens is 4. The molecule has 0 fully saturated rings. The zero-order valence-corrected chi connectivity index (χ0v) is 18.5. The second kappa shape index (κ2) is 9.98. The van der Waals surface area contributed by atoms with Crippen molar-refractivity contribution in [3.63, 3.8) is 0 Å². The molecule has 0 unspecified atom stereocenters.